The van der Waals surface area contributed by atoms with Gasteiger partial charge in [-0.2, -0.15) is 0 Å². The average Bonchev–Trinajstić information content (AvgIpc) is 2.74. The van der Waals surface area contributed by atoms with Crippen molar-refractivity contribution in [2.24, 2.45) is 5.73 Å². The molecule has 1 aliphatic rings. The highest BCUT2D eigenvalue weighted by atomic mass is 35.5. The molecule has 28 heavy (non-hydrogen) atoms. The second-order valence-corrected chi connectivity index (χ2v) is 7.85. The molecule has 0 unspecified atom stereocenters. The van der Waals surface area contributed by atoms with Crippen LogP contribution in [0.5, 0.6) is 0 Å². The van der Waals surface area contributed by atoms with Gasteiger partial charge in [0.2, 0.25) is 0 Å². The first-order chi connectivity index (χ1) is 13.3. The zero-order valence-electron chi connectivity index (χ0n) is 16.1. The molecule has 3 rings (SSSR count). The van der Waals surface area contributed by atoms with E-state index < -0.39 is 0 Å². The van der Waals surface area contributed by atoms with Crippen LogP contribution < -0.4 is 5.73 Å². The van der Waals surface area contributed by atoms with E-state index in [2.05, 4.69) is 24.3 Å². The molecule has 2 N–H and O–H groups in total. The van der Waals surface area contributed by atoms with Crippen LogP contribution in [-0.2, 0) is 10.5 Å². The van der Waals surface area contributed by atoms with Gasteiger partial charge in [0.1, 0.15) is 0 Å². The van der Waals surface area contributed by atoms with Gasteiger partial charge in [-0.25, -0.2) is 0 Å². The Morgan fingerprint density at radius 1 is 1.07 bits per heavy atom. The minimum absolute atomic E-state index is 0. The van der Waals surface area contributed by atoms with Gasteiger partial charge in [0, 0.05) is 35.9 Å². The molecule has 1 aliphatic heterocycles. The van der Waals surface area contributed by atoms with E-state index in [1.165, 1.54) is 10.5 Å². The molecular formula is C22H29ClN2O2S. The third-order valence-corrected chi connectivity index (χ3v) is 5.86. The molecular weight excluding hydrogens is 392 g/mol. The van der Waals surface area contributed by atoms with Gasteiger partial charge in [-0.1, -0.05) is 30.3 Å². The third kappa shape index (κ3) is 6.82. The fourth-order valence-electron chi connectivity index (χ4n) is 3.18. The van der Waals surface area contributed by atoms with E-state index in [0.29, 0.717) is 6.54 Å². The van der Waals surface area contributed by atoms with Crippen LogP contribution in [0.3, 0.4) is 0 Å². The third-order valence-electron chi connectivity index (χ3n) is 4.78. The Labute approximate surface area is 178 Å². The van der Waals surface area contributed by atoms with Crippen molar-refractivity contribution in [1.29, 1.82) is 0 Å². The van der Waals surface area contributed by atoms with Crippen LogP contribution in [0.25, 0.3) is 0 Å². The number of hydrogen-bond acceptors (Lipinski definition) is 4. The lowest BCUT2D eigenvalue weighted by Gasteiger charge is -2.32. The molecule has 0 saturated carbocycles. The summed E-state index contributed by atoms with van der Waals surface area (Å²) in [5, 5.41) is 0. The minimum Gasteiger partial charge on any atom is -0.378 e. The number of nitrogens with zero attached hydrogens (tertiary/aromatic N) is 1. The summed E-state index contributed by atoms with van der Waals surface area (Å²) in [4.78, 5) is 15.8. The Balaban J connectivity index is 0.00000280. The van der Waals surface area contributed by atoms with Crippen molar-refractivity contribution in [3.8, 4) is 0 Å². The summed E-state index contributed by atoms with van der Waals surface area (Å²) in [6.07, 6.45) is 2.97. The number of piperidine rings is 1. The Morgan fingerprint density at radius 2 is 1.75 bits per heavy atom. The second kappa shape index (κ2) is 12.1. The summed E-state index contributed by atoms with van der Waals surface area (Å²) in [7, 11) is 0. The number of carbonyl (C=O) groups excluding carboxylic acids is 1. The van der Waals surface area contributed by atoms with E-state index in [9.17, 15) is 4.79 Å². The van der Waals surface area contributed by atoms with Crippen molar-refractivity contribution in [3.05, 3.63) is 65.7 Å². The summed E-state index contributed by atoms with van der Waals surface area (Å²) < 4.78 is 5.82. The quantitative estimate of drug-likeness (QED) is 0.508. The van der Waals surface area contributed by atoms with Crippen LogP contribution in [-0.4, -0.2) is 43.2 Å². The number of ether oxygens (including phenoxy) is 1. The molecule has 0 atom stereocenters. The van der Waals surface area contributed by atoms with Crippen molar-refractivity contribution in [2.75, 3.05) is 26.2 Å². The van der Waals surface area contributed by atoms with Crippen molar-refractivity contribution in [3.63, 3.8) is 0 Å². The molecule has 4 nitrogen and oxygen atoms in total. The van der Waals surface area contributed by atoms with Crippen LogP contribution in [0.2, 0.25) is 0 Å². The highest BCUT2D eigenvalue weighted by Crippen LogP contribution is 2.24. The summed E-state index contributed by atoms with van der Waals surface area (Å²) in [6, 6.07) is 18.4. The number of carbonyl (C=O) groups is 1. The van der Waals surface area contributed by atoms with Crippen LogP contribution in [0.15, 0.2) is 59.5 Å². The maximum absolute atomic E-state index is 12.7. The highest BCUT2D eigenvalue weighted by molar-refractivity contribution is 7.98. The molecule has 0 aromatic heterocycles. The van der Waals surface area contributed by atoms with Crippen LogP contribution in [0, 0.1) is 0 Å². The molecule has 1 saturated heterocycles. The van der Waals surface area contributed by atoms with Crippen LogP contribution in [0.1, 0.15) is 35.2 Å². The molecule has 0 aliphatic carbocycles. The Morgan fingerprint density at radius 3 is 2.39 bits per heavy atom. The number of thioether (sulfide) groups is 1. The minimum atomic E-state index is 0. The lowest BCUT2D eigenvalue weighted by Crippen LogP contribution is -2.41. The molecule has 6 heteroatoms. The second-order valence-electron chi connectivity index (χ2n) is 6.80. The van der Waals surface area contributed by atoms with Gasteiger partial charge >= 0.3 is 0 Å². The lowest BCUT2D eigenvalue weighted by atomic mass is 10.1. The standard InChI is InChI=1S/C22H28N2O2S.ClH/c23-13-4-16-26-20-11-14-24(15-12-20)22(25)19-7-9-21(10-8-19)27-17-18-5-2-1-3-6-18;/h1-3,5-10,20H,4,11-17,23H2;1H. The summed E-state index contributed by atoms with van der Waals surface area (Å²) in [5.74, 6) is 1.06. The lowest BCUT2D eigenvalue weighted by molar-refractivity contribution is 0.00844. The van der Waals surface area contributed by atoms with Gasteiger partial charge in [0.15, 0.2) is 0 Å². The van der Waals surface area contributed by atoms with E-state index in [0.717, 1.165) is 50.3 Å². The van der Waals surface area contributed by atoms with Crippen LogP contribution >= 0.6 is 24.2 Å². The predicted molar refractivity (Wildman–Crippen MR) is 118 cm³/mol. The summed E-state index contributed by atoms with van der Waals surface area (Å²) in [6.45, 7) is 2.90. The fourth-order valence-corrected chi connectivity index (χ4v) is 4.03. The van der Waals surface area contributed by atoms with Gasteiger partial charge in [-0.05, 0) is 55.6 Å². The topological polar surface area (TPSA) is 55.6 Å². The molecule has 152 valence electrons. The SMILES string of the molecule is Cl.NCCCOC1CCN(C(=O)c2ccc(SCc3ccccc3)cc2)CC1. The van der Waals surface area contributed by atoms with Gasteiger partial charge in [0.05, 0.1) is 6.10 Å². The maximum atomic E-state index is 12.7. The Bertz CT molecular complexity index is 704. The van der Waals surface area contributed by atoms with E-state index in [1.807, 2.05) is 35.2 Å². The first kappa shape index (κ1) is 22.8. The Kier molecular flexibility index (Phi) is 9.85. The van der Waals surface area contributed by atoms with Crippen molar-refractivity contribution in [2.45, 2.75) is 36.0 Å². The van der Waals surface area contributed by atoms with E-state index in [4.69, 9.17) is 10.5 Å². The number of benzene rings is 2. The zero-order valence-corrected chi connectivity index (χ0v) is 17.7. The van der Waals surface area contributed by atoms with E-state index in [-0.39, 0.29) is 24.4 Å². The molecule has 2 aromatic carbocycles. The highest BCUT2D eigenvalue weighted by Gasteiger charge is 2.23. The Hall–Kier alpha value is -1.53. The first-order valence-electron chi connectivity index (χ1n) is 9.64. The summed E-state index contributed by atoms with van der Waals surface area (Å²) in [5.41, 5.74) is 7.57. The summed E-state index contributed by atoms with van der Waals surface area (Å²) >= 11 is 1.79. The number of amides is 1. The van der Waals surface area contributed by atoms with Gasteiger partial charge in [0.25, 0.3) is 5.91 Å². The molecule has 0 radical (unpaired) electrons. The fraction of sp³-hybridized carbons (Fsp3) is 0.409. The number of halogens is 1. The van der Waals surface area contributed by atoms with Gasteiger partial charge in [-0.15, -0.1) is 24.2 Å². The molecule has 0 spiro atoms. The smallest absolute Gasteiger partial charge is 0.253 e. The van der Waals surface area contributed by atoms with Crippen molar-refractivity contribution in [1.82, 2.24) is 4.90 Å². The number of hydrogen-bond donors (Lipinski definition) is 1. The van der Waals surface area contributed by atoms with Crippen molar-refractivity contribution >= 4 is 30.1 Å². The van der Waals surface area contributed by atoms with E-state index >= 15 is 0 Å². The zero-order chi connectivity index (χ0) is 18.9. The number of nitrogens with two attached hydrogens (primary N) is 1. The molecule has 0 bridgehead atoms. The molecule has 2 aromatic rings. The first-order valence-corrected chi connectivity index (χ1v) is 10.6. The normalized spacial score (nSPS) is 14.5. The van der Waals surface area contributed by atoms with E-state index in [1.54, 1.807) is 11.8 Å². The predicted octanol–water partition coefficient (Wildman–Crippen LogP) is 4.37. The van der Waals surface area contributed by atoms with Crippen molar-refractivity contribution < 1.29 is 9.53 Å². The largest absolute Gasteiger partial charge is 0.378 e. The van der Waals surface area contributed by atoms with Gasteiger partial charge < -0.3 is 15.4 Å². The molecule has 1 amide bonds. The molecule has 1 heterocycles. The van der Waals surface area contributed by atoms with Crippen LogP contribution in [0.4, 0.5) is 0 Å². The monoisotopic (exact) mass is 420 g/mol. The average molecular weight is 421 g/mol. The maximum Gasteiger partial charge on any atom is 0.253 e. The number of rotatable bonds is 8. The van der Waals surface area contributed by atoms with Gasteiger partial charge in [-0.3, -0.25) is 4.79 Å². The molecule has 1 fully saturated rings. The number of likely N-dealkylation sites (tertiary alicyclic amines) is 1.